The summed E-state index contributed by atoms with van der Waals surface area (Å²) in [7, 11) is 0. The van der Waals surface area contributed by atoms with Crippen LogP contribution in [-0.4, -0.2) is 24.1 Å². The number of aromatic nitrogens is 5. The van der Waals surface area contributed by atoms with Gasteiger partial charge in [-0.1, -0.05) is 84.9 Å². The van der Waals surface area contributed by atoms with Gasteiger partial charge in [-0.05, 0) is 52.6 Å². The van der Waals surface area contributed by atoms with E-state index < -0.39 is 0 Å². The summed E-state index contributed by atoms with van der Waals surface area (Å²) in [6.45, 7) is 0. The van der Waals surface area contributed by atoms with Gasteiger partial charge in [0.1, 0.15) is 0 Å². The number of pyridine rings is 1. The highest BCUT2D eigenvalue weighted by Gasteiger charge is 2.25. The summed E-state index contributed by atoms with van der Waals surface area (Å²) in [6.07, 6.45) is 5.89. The molecular formula is C39H23N5. The third-order valence-corrected chi connectivity index (χ3v) is 9.02. The van der Waals surface area contributed by atoms with Crippen LogP contribution in [0.5, 0.6) is 0 Å². The maximum absolute atomic E-state index is 5.23. The van der Waals surface area contributed by atoms with Crippen molar-refractivity contribution in [2.75, 3.05) is 0 Å². The maximum Gasteiger partial charge on any atom is 0.235 e. The van der Waals surface area contributed by atoms with E-state index in [0.29, 0.717) is 5.95 Å². The van der Waals surface area contributed by atoms with Crippen molar-refractivity contribution < 1.29 is 0 Å². The molecule has 0 bridgehead atoms. The fourth-order valence-electron chi connectivity index (χ4n) is 7.22. The van der Waals surface area contributed by atoms with E-state index in [4.69, 9.17) is 9.97 Å². The molecule has 0 N–H and O–H groups in total. The van der Waals surface area contributed by atoms with Gasteiger partial charge in [-0.15, -0.1) is 0 Å². The van der Waals surface area contributed by atoms with Crippen molar-refractivity contribution in [1.29, 1.82) is 0 Å². The number of rotatable bonds is 2. The largest absolute Gasteiger partial charge is 0.308 e. The van der Waals surface area contributed by atoms with Gasteiger partial charge in [-0.3, -0.25) is 9.55 Å². The number of para-hydroxylation sites is 3. The lowest BCUT2D eigenvalue weighted by molar-refractivity contribution is 1.01. The Hall–Kier alpha value is -6.07. The van der Waals surface area contributed by atoms with Crippen molar-refractivity contribution in [1.82, 2.24) is 24.1 Å². The average Bonchev–Trinajstić information content (AvgIpc) is 3.62. The molecule has 0 amide bonds. The van der Waals surface area contributed by atoms with Crippen LogP contribution in [-0.2, 0) is 0 Å². The molecule has 0 aliphatic carbocycles. The summed E-state index contributed by atoms with van der Waals surface area (Å²) >= 11 is 0. The number of fused-ring (bicyclic) bond motifs is 13. The van der Waals surface area contributed by atoms with Gasteiger partial charge in [0, 0.05) is 56.6 Å². The first-order valence-corrected chi connectivity index (χ1v) is 14.8. The lowest BCUT2D eigenvalue weighted by atomic mass is 10.0. The van der Waals surface area contributed by atoms with E-state index in [2.05, 4.69) is 135 Å². The molecule has 0 unspecified atom stereocenters. The van der Waals surface area contributed by atoms with E-state index in [1.807, 2.05) is 18.6 Å². The minimum atomic E-state index is 0.658. The Morgan fingerprint density at radius 2 is 1.16 bits per heavy atom. The van der Waals surface area contributed by atoms with Crippen LogP contribution in [0, 0.1) is 0 Å². The molecular weight excluding hydrogens is 538 g/mol. The van der Waals surface area contributed by atoms with Crippen molar-refractivity contribution in [3.05, 3.63) is 140 Å². The van der Waals surface area contributed by atoms with Gasteiger partial charge in [-0.2, -0.15) is 0 Å². The highest BCUT2D eigenvalue weighted by atomic mass is 15.2. The average molecular weight is 562 g/mol. The van der Waals surface area contributed by atoms with Gasteiger partial charge in [0.2, 0.25) is 5.95 Å². The molecule has 0 atom stereocenters. The van der Waals surface area contributed by atoms with Crippen molar-refractivity contribution in [3.63, 3.8) is 0 Å². The van der Waals surface area contributed by atoms with Gasteiger partial charge < -0.3 is 4.57 Å². The molecule has 0 saturated heterocycles. The highest BCUT2D eigenvalue weighted by Crippen LogP contribution is 2.46. The zero-order chi connectivity index (χ0) is 28.8. The van der Waals surface area contributed by atoms with Crippen LogP contribution in [0.3, 0.4) is 0 Å². The van der Waals surface area contributed by atoms with Gasteiger partial charge >= 0.3 is 0 Å². The van der Waals surface area contributed by atoms with Crippen LogP contribution in [0.4, 0.5) is 0 Å². The van der Waals surface area contributed by atoms with Crippen molar-refractivity contribution >= 4 is 76.1 Å². The molecule has 0 aliphatic rings. The van der Waals surface area contributed by atoms with E-state index in [0.717, 1.165) is 54.8 Å². The number of hydrogen-bond acceptors (Lipinski definition) is 3. The first kappa shape index (κ1) is 23.5. The maximum atomic E-state index is 5.23. The third-order valence-electron chi connectivity index (χ3n) is 9.02. The quantitative estimate of drug-likeness (QED) is 0.198. The van der Waals surface area contributed by atoms with Crippen LogP contribution in [0.2, 0.25) is 0 Å². The normalized spacial score (nSPS) is 12.1. The van der Waals surface area contributed by atoms with Crippen molar-refractivity contribution in [2.45, 2.75) is 0 Å². The Morgan fingerprint density at radius 1 is 0.455 bits per heavy atom. The molecule has 0 aliphatic heterocycles. The van der Waals surface area contributed by atoms with Crippen molar-refractivity contribution in [2.24, 2.45) is 0 Å². The predicted octanol–water partition coefficient (Wildman–Crippen LogP) is 9.53. The van der Waals surface area contributed by atoms with Gasteiger partial charge in [0.05, 0.1) is 27.6 Å². The second-order valence-electron chi connectivity index (χ2n) is 11.3. The monoisotopic (exact) mass is 561 g/mol. The molecule has 0 saturated carbocycles. The summed E-state index contributed by atoms with van der Waals surface area (Å²) < 4.78 is 4.65. The highest BCUT2D eigenvalue weighted by molar-refractivity contribution is 6.36. The Balaban J connectivity index is 1.46. The van der Waals surface area contributed by atoms with E-state index in [9.17, 15) is 0 Å². The topological polar surface area (TPSA) is 48.5 Å². The molecule has 0 spiro atoms. The van der Waals surface area contributed by atoms with Crippen molar-refractivity contribution in [3.8, 4) is 11.6 Å². The molecule has 5 nitrogen and oxygen atoms in total. The molecule has 0 fully saturated rings. The molecule has 5 heteroatoms. The summed E-state index contributed by atoms with van der Waals surface area (Å²) in [4.78, 5) is 14.9. The van der Waals surface area contributed by atoms with Gasteiger partial charge in [0.25, 0.3) is 0 Å². The number of nitrogens with zero attached hydrogens (tertiary/aromatic N) is 5. The SMILES string of the molecule is c1ccc(-n2c3ccccc3c3c2c2cnccc2c2c4ccccc4n(-c4ncc5c(ccc6ccccc65)n4)c23)cc1. The fraction of sp³-hybridized carbons (Fsp3) is 0. The van der Waals surface area contributed by atoms with E-state index in [1.54, 1.807) is 0 Å². The smallest absolute Gasteiger partial charge is 0.235 e. The number of hydrogen-bond donors (Lipinski definition) is 0. The molecule has 4 heterocycles. The van der Waals surface area contributed by atoms with Gasteiger partial charge in [-0.25, -0.2) is 9.97 Å². The van der Waals surface area contributed by atoms with Crippen LogP contribution in [0.15, 0.2) is 140 Å². The summed E-state index contributed by atoms with van der Waals surface area (Å²) in [5.41, 5.74) is 6.49. The third kappa shape index (κ3) is 3.05. The number of benzene rings is 6. The Morgan fingerprint density at radius 3 is 2.00 bits per heavy atom. The summed E-state index contributed by atoms with van der Waals surface area (Å²) in [5.74, 6) is 0.658. The molecule has 4 aromatic heterocycles. The predicted molar refractivity (Wildman–Crippen MR) is 181 cm³/mol. The Kier molecular flexibility index (Phi) is 4.66. The summed E-state index contributed by atoms with van der Waals surface area (Å²) in [6, 6.07) is 42.7. The summed E-state index contributed by atoms with van der Waals surface area (Å²) in [5, 5.41) is 10.4. The fourth-order valence-corrected chi connectivity index (χ4v) is 7.22. The lowest BCUT2D eigenvalue weighted by Gasteiger charge is -2.12. The molecule has 44 heavy (non-hydrogen) atoms. The Labute approximate surface area is 251 Å². The van der Waals surface area contributed by atoms with E-state index >= 15 is 0 Å². The van der Waals surface area contributed by atoms with E-state index in [1.165, 1.54) is 26.9 Å². The minimum absolute atomic E-state index is 0.658. The van der Waals surface area contributed by atoms with E-state index in [-0.39, 0.29) is 0 Å². The first-order valence-electron chi connectivity index (χ1n) is 14.8. The lowest BCUT2D eigenvalue weighted by Crippen LogP contribution is -2.02. The zero-order valence-corrected chi connectivity index (χ0v) is 23.5. The van der Waals surface area contributed by atoms with Crippen LogP contribution >= 0.6 is 0 Å². The van der Waals surface area contributed by atoms with Crippen LogP contribution in [0.25, 0.3) is 87.7 Å². The first-order chi connectivity index (χ1) is 21.9. The van der Waals surface area contributed by atoms with Gasteiger partial charge in [0.15, 0.2) is 0 Å². The minimum Gasteiger partial charge on any atom is -0.308 e. The second-order valence-corrected chi connectivity index (χ2v) is 11.3. The molecule has 6 aromatic carbocycles. The second kappa shape index (κ2) is 8.72. The van der Waals surface area contributed by atoms with Crippen LogP contribution < -0.4 is 0 Å². The zero-order valence-electron chi connectivity index (χ0n) is 23.5. The molecule has 10 rings (SSSR count). The molecule has 0 radical (unpaired) electrons. The Bertz CT molecular complexity index is 2770. The molecule has 204 valence electrons. The van der Waals surface area contributed by atoms with Crippen LogP contribution in [0.1, 0.15) is 0 Å². The standard InChI is InChI=1S/C39H23N5/c1-2-11-25(12-3-1)43-33-16-8-7-15-29(33)36-37(43)31-22-40-21-20-27(31)35-28-14-6-9-17-34(28)44(38(35)36)39-41-23-30-26-13-5-4-10-24(26)18-19-32(30)42-39/h1-23H. The molecule has 10 aromatic rings.